The lowest BCUT2D eigenvalue weighted by Gasteiger charge is -2.34. The molecule has 30 heteroatoms. The molecule has 0 N–H and O–H groups in total. The van der Waals surface area contributed by atoms with Crippen LogP contribution in [0.1, 0.15) is 403 Å². The SMILES string of the molecule is C.C.C.C.C.C.C.C.C.C.C.C.C.C.C.C.C=CC(C)(C)OC(=O)C(C)C(C)C(=O)OC.CCC(C)(C)C(=O)OC(C)CCl.CCC(C)(C)C(=O)OC(C)OCCOC(C)=O.CCC(C)(C)C(=O)OCCOC.CCC(C)(C)C(=O)OCOC.CCOC(C)OC(=O)C(C)(C)CC.COC(=O)C(C)C(C)C(=O)OC1(C)CCCCC1.COC(=O)C(C)C(C)C(=O)OC1CCCCO1. The minimum Gasteiger partial charge on any atom is -0.469 e. The van der Waals surface area contributed by atoms with Crippen LogP contribution in [0.5, 0.6) is 0 Å². The normalized spacial score (nSPS) is 14.1. The molecule has 1 aliphatic heterocycles. The van der Waals surface area contributed by atoms with Crippen LogP contribution >= 0.6 is 11.6 Å². The Labute approximate surface area is 819 Å². The first-order chi connectivity index (χ1) is 53.4. The molecule has 0 spiro atoms. The zero-order valence-electron chi connectivity index (χ0n) is 77.6. The lowest BCUT2D eigenvalue weighted by atomic mass is 9.86. The van der Waals surface area contributed by atoms with Crippen molar-refractivity contribution in [2.24, 2.45) is 62.6 Å². The Hall–Kier alpha value is -6.53. The molecule has 2 fully saturated rings. The highest BCUT2D eigenvalue weighted by Gasteiger charge is 2.38. The van der Waals surface area contributed by atoms with E-state index >= 15 is 0 Å². The number of ether oxygens (including phenoxy) is 17. The molecule has 29 nitrogen and oxygen atoms in total. The number of halogens is 1. The van der Waals surface area contributed by atoms with Gasteiger partial charge in [-0.2, -0.15) is 0 Å². The number of hydrogen-bond donors (Lipinski definition) is 0. The Morgan fingerprint density at radius 3 is 1.04 bits per heavy atom. The molecule has 2 rings (SSSR count). The van der Waals surface area contributed by atoms with E-state index in [1.54, 1.807) is 89.3 Å². The number of rotatable bonds is 38. The molecule has 1 heterocycles. The van der Waals surface area contributed by atoms with Crippen molar-refractivity contribution in [2.45, 2.75) is 439 Å². The van der Waals surface area contributed by atoms with Crippen LogP contribution in [0.25, 0.3) is 0 Å². The lowest BCUT2D eigenvalue weighted by Crippen LogP contribution is -2.38. The minimum atomic E-state index is -0.721. The van der Waals surface area contributed by atoms with Gasteiger partial charge in [-0.15, -0.1) is 11.6 Å². The Kier molecular flexibility index (Phi) is 132. The molecular weight excluding hydrogens is 1720 g/mol. The van der Waals surface area contributed by atoms with Crippen molar-refractivity contribution < 1.29 is 138 Å². The summed E-state index contributed by atoms with van der Waals surface area (Å²) in [7, 11) is 7.01. The van der Waals surface area contributed by atoms with Crippen LogP contribution in [0.4, 0.5) is 0 Å². The van der Waals surface area contributed by atoms with Crippen molar-refractivity contribution in [1.82, 2.24) is 0 Å². The maximum Gasteiger partial charge on any atom is 0.313 e. The van der Waals surface area contributed by atoms with E-state index in [4.69, 9.17) is 68.4 Å². The Balaban J connectivity index is -0.0000000518. The molecular formula is C102H221ClO29. The Morgan fingerprint density at radius 2 is 0.727 bits per heavy atom. The maximum absolute atomic E-state index is 12.0. The first-order valence-electron chi connectivity index (χ1n) is 40.5. The van der Waals surface area contributed by atoms with Crippen molar-refractivity contribution in [2.75, 3.05) is 87.9 Å². The van der Waals surface area contributed by atoms with Gasteiger partial charge in [-0.05, 0) is 194 Å². The van der Waals surface area contributed by atoms with E-state index in [0.29, 0.717) is 38.7 Å². The second-order valence-electron chi connectivity index (χ2n) is 32.3. The van der Waals surface area contributed by atoms with Gasteiger partial charge < -0.3 is 80.5 Å². The van der Waals surface area contributed by atoms with Gasteiger partial charge in [0.2, 0.25) is 6.29 Å². The third kappa shape index (κ3) is 84.0. The summed E-state index contributed by atoms with van der Waals surface area (Å²) < 4.78 is 84.5. The third-order valence-corrected chi connectivity index (χ3v) is 20.2. The summed E-state index contributed by atoms with van der Waals surface area (Å²) in [6.07, 6.45) is 11.6. The number of carbonyl (C=O) groups is 12. The zero-order chi connectivity index (χ0) is 91.8. The lowest BCUT2D eigenvalue weighted by molar-refractivity contribution is -0.193. The Morgan fingerprint density at radius 1 is 0.402 bits per heavy atom. The van der Waals surface area contributed by atoms with Crippen LogP contribution in [-0.4, -0.2) is 196 Å². The fourth-order valence-electron chi connectivity index (χ4n) is 8.09. The number of hydrogen-bond acceptors (Lipinski definition) is 29. The molecule has 810 valence electrons. The van der Waals surface area contributed by atoms with Gasteiger partial charge in [0.1, 0.15) is 30.5 Å². The number of carbonyl (C=O) groups excluding carboxylic acids is 12. The van der Waals surface area contributed by atoms with Crippen molar-refractivity contribution in [3.8, 4) is 0 Å². The van der Waals surface area contributed by atoms with Gasteiger partial charge in [-0.3, -0.25) is 57.5 Å². The van der Waals surface area contributed by atoms with E-state index < -0.39 is 100 Å². The first kappa shape index (κ1) is 182. The molecule has 0 bridgehead atoms. The molecule has 0 radical (unpaired) electrons. The standard InChI is InChI=1S/C14H24O4.C12H20O5.C12H22O5.C12H20O4.C10H20O3.C9H17ClO2.C9H18O3.C8H16O3.16CH4/c1-10(12(15)17-4)11(2)13(16)18-14(3)8-6-5-7-9-14;1-8(11(13)15-3)9(2)12(14)17-10-6-4-5-7-16-10;1-6-12(4,5)11(14)17-10(3)16-8-7-15-9(2)13;1-7-12(4,5)16-11(14)9(3)8(2)10(13)15-6;1-6-10(4,5)9(11)13-8(3)12-7-2;1-5-9(3,4)8(11)12-7(2)6-10;1-5-9(2,3)8(10)12-7-6-11-4;1-5-8(2,3)7(9)11-6-10-4;;;;;;;;;;;;;;;;/h10-11H,5-9H2,1-4H3;8-10H,4-7H2,1-3H3;10H,6-8H2,1-5H3;7-9H,1H2,2-6H3;8H,6-7H2,1-5H3;7H,5-6H2,1-4H3;5-7H2,1-4H3;5-6H2,1-4H3;16*1H4. The summed E-state index contributed by atoms with van der Waals surface area (Å²) >= 11 is 5.51. The van der Waals surface area contributed by atoms with E-state index in [9.17, 15) is 57.5 Å². The average Bonchev–Trinajstić information content (AvgIpc) is 0.841. The summed E-state index contributed by atoms with van der Waals surface area (Å²) in [5.41, 5.74) is -3.13. The molecule has 1 saturated carbocycles. The van der Waals surface area contributed by atoms with Crippen molar-refractivity contribution >= 4 is 83.2 Å². The quantitative estimate of drug-likeness (QED) is 0.0138. The van der Waals surface area contributed by atoms with Gasteiger partial charge in [0.15, 0.2) is 19.4 Å². The summed E-state index contributed by atoms with van der Waals surface area (Å²) in [5, 5.41) is 0. The second-order valence-corrected chi connectivity index (χ2v) is 32.6. The topological polar surface area (TPSA) is 362 Å². The molecule has 0 amide bonds. The van der Waals surface area contributed by atoms with Crippen LogP contribution in [0.3, 0.4) is 0 Å². The monoisotopic (exact) mass is 1950 g/mol. The van der Waals surface area contributed by atoms with Gasteiger partial charge in [0.05, 0.1) is 110 Å². The van der Waals surface area contributed by atoms with Gasteiger partial charge in [-0.25, -0.2) is 0 Å². The van der Waals surface area contributed by atoms with Crippen LogP contribution < -0.4 is 0 Å². The largest absolute Gasteiger partial charge is 0.469 e. The van der Waals surface area contributed by atoms with Crippen LogP contribution in [0, 0.1) is 62.6 Å². The third-order valence-electron chi connectivity index (χ3n) is 19.8. The second kappa shape index (κ2) is 96.2. The van der Waals surface area contributed by atoms with Gasteiger partial charge in [-0.1, -0.05) is 208 Å². The van der Waals surface area contributed by atoms with Gasteiger partial charge in [0, 0.05) is 34.2 Å². The highest BCUT2D eigenvalue weighted by Crippen LogP contribution is 2.33. The zero-order valence-corrected chi connectivity index (χ0v) is 78.4. The highest BCUT2D eigenvalue weighted by atomic mass is 35.5. The molecule has 1 saturated heterocycles. The number of alkyl halides is 1. The Bertz CT molecular complexity index is 2810. The molecule has 132 heavy (non-hydrogen) atoms. The fourth-order valence-corrected chi connectivity index (χ4v) is 8.16. The smallest absolute Gasteiger partial charge is 0.313 e. The molecule has 1 aliphatic carbocycles. The predicted molar refractivity (Wildman–Crippen MR) is 549 cm³/mol. The number of esters is 12. The summed E-state index contributed by atoms with van der Waals surface area (Å²) in [4.78, 5) is 137. The highest BCUT2D eigenvalue weighted by molar-refractivity contribution is 6.18. The molecule has 0 aromatic heterocycles. The van der Waals surface area contributed by atoms with E-state index in [1.165, 1.54) is 41.8 Å². The van der Waals surface area contributed by atoms with E-state index in [2.05, 4.69) is 30.3 Å². The fraction of sp³-hybridized carbons (Fsp3) is 0.863. The van der Waals surface area contributed by atoms with Crippen LogP contribution in [0.2, 0.25) is 0 Å². The van der Waals surface area contributed by atoms with Crippen molar-refractivity contribution in [3.05, 3.63) is 12.7 Å². The summed E-state index contributed by atoms with van der Waals surface area (Å²) in [6, 6.07) is 0. The molecule has 10 atom stereocenters. The van der Waals surface area contributed by atoms with Crippen molar-refractivity contribution in [1.29, 1.82) is 0 Å². The van der Waals surface area contributed by atoms with Crippen LogP contribution in [0.15, 0.2) is 12.7 Å². The maximum atomic E-state index is 12.0. The summed E-state index contributed by atoms with van der Waals surface area (Å²) in [6.45, 7) is 58.1. The molecule has 2 aliphatic rings. The number of methoxy groups -OCH3 is 5. The van der Waals surface area contributed by atoms with Gasteiger partial charge >= 0.3 is 71.6 Å². The van der Waals surface area contributed by atoms with Gasteiger partial charge in [0.25, 0.3) is 0 Å². The minimum absolute atomic E-state index is 0. The average molecular weight is 1950 g/mol. The van der Waals surface area contributed by atoms with Crippen LogP contribution in [-0.2, 0) is 138 Å². The molecule has 0 aromatic carbocycles. The van der Waals surface area contributed by atoms with E-state index in [1.807, 2.05) is 118 Å². The van der Waals surface area contributed by atoms with Crippen molar-refractivity contribution in [3.63, 3.8) is 0 Å². The predicted octanol–water partition coefficient (Wildman–Crippen LogP) is 26.3. The molecule has 10 unspecified atom stereocenters. The van der Waals surface area contributed by atoms with E-state index in [0.717, 1.165) is 70.6 Å². The van der Waals surface area contributed by atoms with E-state index in [-0.39, 0.29) is 209 Å². The molecule has 0 aromatic rings. The first-order valence-corrected chi connectivity index (χ1v) is 41.0. The summed E-state index contributed by atoms with van der Waals surface area (Å²) in [5.74, 6) is -6.34.